The number of pyridine rings is 1. The van der Waals surface area contributed by atoms with Crippen LogP contribution in [0.15, 0.2) is 53.9 Å². The predicted molar refractivity (Wildman–Crippen MR) is 84.3 cm³/mol. The summed E-state index contributed by atoms with van der Waals surface area (Å²) < 4.78 is 0. The van der Waals surface area contributed by atoms with Crippen LogP contribution in [0.25, 0.3) is 0 Å². The SMILES string of the molecule is CC(C)(C)c1ccc(C(=O)ON=C(N)c2cc[nH+]cc2)cc1. The summed E-state index contributed by atoms with van der Waals surface area (Å²) in [6, 6.07) is 10.8. The Balaban J connectivity index is 2.07. The van der Waals surface area contributed by atoms with E-state index in [0.717, 1.165) is 5.56 Å². The molecule has 0 saturated heterocycles. The molecule has 0 unspecified atom stereocenters. The van der Waals surface area contributed by atoms with Gasteiger partial charge in [0.05, 0.1) is 5.56 Å². The lowest BCUT2D eigenvalue weighted by molar-refractivity contribution is -0.378. The molecular weight excluding hydrogens is 278 g/mol. The predicted octanol–water partition coefficient (Wildman–Crippen LogP) is 2.28. The van der Waals surface area contributed by atoms with Crippen LogP contribution < -0.4 is 10.7 Å². The number of carbonyl (C=O) groups is 1. The minimum Gasteiger partial charge on any atom is -0.380 e. The average Bonchev–Trinajstić information content (AvgIpc) is 2.52. The molecule has 0 amide bonds. The summed E-state index contributed by atoms with van der Waals surface area (Å²) in [4.78, 5) is 19.7. The standard InChI is InChI=1S/C17H19N3O2/c1-17(2,3)14-6-4-13(5-7-14)16(21)22-20-15(18)12-8-10-19-11-9-12/h4-11H,1-3H3,(H2,18,20)/p+1. The van der Waals surface area contributed by atoms with Crippen molar-refractivity contribution in [2.45, 2.75) is 26.2 Å². The van der Waals surface area contributed by atoms with Crippen molar-refractivity contribution in [3.63, 3.8) is 0 Å². The van der Waals surface area contributed by atoms with Crippen molar-refractivity contribution in [2.24, 2.45) is 10.9 Å². The van der Waals surface area contributed by atoms with Crippen molar-refractivity contribution in [1.29, 1.82) is 0 Å². The van der Waals surface area contributed by atoms with Crippen molar-refractivity contribution in [3.05, 3.63) is 65.5 Å². The Bertz CT molecular complexity index is 671. The number of nitrogens with one attached hydrogen (secondary N) is 1. The number of nitrogens with two attached hydrogens (primary N) is 1. The summed E-state index contributed by atoms with van der Waals surface area (Å²) in [6.07, 6.45) is 3.43. The molecular formula is C17H20N3O2+. The van der Waals surface area contributed by atoms with Gasteiger partial charge in [0.15, 0.2) is 18.2 Å². The Hall–Kier alpha value is -2.69. The van der Waals surface area contributed by atoms with E-state index in [1.165, 1.54) is 0 Å². The molecule has 5 nitrogen and oxygen atoms in total. The van der Waals surface area contributed by atoms with E-state index in [-0.39, 0.29) is 11.3 Å². The lowest BCUT2D eigenvalue weighted by Gasteiger charge is -2.18. The molecule has 0 spiro atoms. The lowest BCUT2D eigenvalue weighted by Crippen LogP contribution is -2.16. The van der Waals surface area contributed by atoms with Crippen molar-refractivity contribution in [2.75, 3.05) is 0 Å². The number of hydrogen-bond acceptors (Lipinski definition) is 3. The Labute approximate surface area is 129 Å². The molecule has 5 heteroatoms. The summed E-state index contributed by atoms with van der Waals surface area (Å²) in [5.41, 5.74) is 8.06. The maximum atomic E-state index is 12.0. The Morgan fingerprint density at radius 1 is 1.05 bits per heavy atom. The normalized spacial score (nSPS) is 12.0. The summed E-state index contributed by atoms with van der Waals surface area (Å²) in [5.74, 6) is -0.389. The van der Waals surface area contributed by atoms with Gasteiger partial charge in [0.2, 0.25) is 0 Å². The minimum absolute atomic E-state index is 0.0370. The zero-order valence-electron chi connectivity index (χ0n) is 13.0. The number of amidine groups is 1. The van der Waals surface area contributed by atoms with Crippen LogP contribution in [-0.2, 0) is 10.3 Å². The van der Waals surface area contributed by atoms with Crippen LogP contribution >= 0.6 is 0 Å². The van der Waals surface area contributed by atoms with Crippen molar-refractivity contribution in [3.8, 4) is 0 Å². The van der Waals surface area contributed by atoms with E-state index in [0.29, 0.717) is 11.1 Å². The van der Waals surface area contributed by atoms with E-state index in [9.17, 15) is 4.79 Å². The summed E-state index contributed by atoms with van der Waals surface area (Å²) in [6.45, 7) is 6.34. The van der Waals surface area contributed by atoms with Gasteiger partial charge < -0.3 is 10.6 Å². The van der Waals surface area contributed by atoms with Crippen molar-refractivity contribution < 1.29 is 14.6 Å². The van der Waals surface area contributed by atoms with Crippen LogP contribution in [0.1, 0.15) is 42.3 Å². The molecule has 2 rings (SSSR count). The third kappa shape index (κ3) is 3.91. The van der Waals surface area contributed by atoms with E-state index in [1.807, 2.05) is 12.1 Å². The molecule has 0 bridgehead atoms. The third-order valence-electron chi connectivity index (χ3n) is 3.23. The first-order valence-corrected chi connectivity index (χ1v) is 7.00. The van der Waals surface area contributed by atoms with Gasteiger partial charge in [0.25, 0.3) is 0 Å². The zero-order valence-corrected chi connectivity index (χ0v) is 13.0. The quantitative estimate of drug-likeness (QED) is 0.408. The topological polar surface area (TPSA) is 78.8 Å². The van der Waals surface area contributed by atoms with Gasteiger partial charge in [-0.15, -0.1) is 0 Å². The maximum Gasteiger partial charge on any atom is 0.365 e. The molecule has 1 heterocycles. The monoisotopic (exact) mass is 298 g/mol. The highest BCUT2D eigenvalue weighted by Gasteiger charge is 2.15. The Kier molecular flexibility index (Phi) is 4.56. The first-order chi connectivity index (χ1) is 10.4. The van der Waals surface area contributed by atoms with Gasteiger partial charge in [-0.05, 0) is 23.1 Å². The minimum atomic E-state index is -0.536. The largest absolute Gasteiger partial charge is 0.380 e. The van der Waals surface area contributed by atoms with Gasteiger partial charge in [0, 0.05) is 17.7 Å². The molecule has 0 fully saturated rings. The van der Waals surface area contributed by atoms with Crippen LogP contribution in [-0.4, -0.2) is 11.8 Å². The highest BCUT2D eigenvalue weighted by atomic mass is 16.7. The van der Waals surface area contributed by atoms with Crippen LogP contribution in [0.2, 0.25) is 0 Å². The molecule has 0 saturated carbocycles. The van der Waals surface area contributed by atoms with Gasteiger partial charge in [-0.3, -0.25) is 0 Å². The molecule has 0 atom stereocenters. The first-order valence-electron chi connectivity index (χ1n) is 7.00. The highest BCUT2D eigenvalue weighted by molar-refractivity contribution is 5.97. The van der Waals surface area contributed by atoms with Gasteiger partial charge in [0.1, 0.15) is 0 Å². The molecule has 0 radical (unpaired) electrons. The second-order valence-electron chi connectivity index (χ2n) is 5.97. The number of aromatic nitrogens is 1. The number of rotatable bonds is 3. The summed E-state index contributed by atoms with van der Waals surface area (Å²) in [5, 5.41) is 3.67. The Morgan fingerprint density at radius 3 is 2.18 bits per heavy atom. The number of H-pyrrole nitrogens is 1. The van der Waals surface area contributed by atoms with Gasteiger partial charge in [-0.1, -0.05) is 38.1 Å². The first kappa shape index (κ1) is 15.7. The van der Waals surface area contributed by atoms with Crippen molar-refractivity contribution in [1.82, 2.24) is 0 Å². The van der Waals surface area contributed by atoms with Gasteiger partial charge in [-0.25, -0.2) is 9.78 Å². The molecule has 0 aliphatic carbocycles. The highest BCUT2D eigenvalue weighted by Crippen LogP contribution is 2.22. The Morgan fingerprint density at radius 2 is 1.64 bits per heavy atom. The van der Waals surface area contributed by atoms with Gasteiger partial charge >= 0.3 is 5.97 Å². The van der Waals surface area contributed by atoms with Crippen LogP contribution in [0, 0.1) is 0 Å². The fourth-order valence-electron chi connectivity index (χ4n) is 1.86. The summed E-state index contributed by atoms with van der Waals surface area (Å²) in [7, 11) is 0. The molecule has 3 N–H and O–H groups in total. The second-order valence-corrected chi connectivity index (χ2v) is 5.97. The smallest absolute Gasteiger partial charge is 0.365 e. The maximum absolute atomic E-state index is 12.0. The molecule has 2 aromatic rings. The van der Waals surface area contributed by atoms with E-state index < -0.39 is 5.97 Å². The number of nitrogens with zero attached hydrogens (tertiary/aromatic N) is 1. The van der Waals surface area contributed by atoms with E-state index >= 15 is 0 Å². The average molecular weight is 298 g/mol. The number of benzene rings is 1. The van der Waals surface area contributed by atoms with Crippen LogP contribution in [0.3, 0.4) is 0 Å². The molecule has 114 valence electrons. The number of hydrogen-bond donors (Lipinski definition) is 1. The van der Waals surface area contributed by atoms with Crippen molar-refractivity contribution >= 4 is 11.8 Å². The number of carbonyl (C=O) groups excluding carboxylic acids is 1. The summed E-state index contributed by atoms with van der Waals surface area (Å²) >= 11 is 0. The third-order valence-corrected chi connectivity index (χ3v) is 3.23. The molecule has 22 heavy (non-hydrogen) atoms. The number of oxime groups is 1. The second kappa shape index (κ2) is 6.39. The molecule has 0 aliphatic rings. The molecule has 0 aliphatic heterocycles. The lowest BCUT2D eigenvalue weighted by atomic mass is 9.87. The van der Waals surface area contributed by atoms with E-state index in [1.54, 1.807) is 36.7 Å². The molecule has 1 aromatic heterocycles. The fraction of sp³-hybridized carbons (Fsp3) is 0.235. The number of aromatic amines is 1. The van der Waals surface area contributed by atoms with E-state index in [4.69, 9.17) is 10.6 Å². The van der Waals surface area contributed by atoms with Crippen LogP contribution in [0.5, 0.6) is 0 Å². The van der Waals surface area contributed by atoms with Gasteiger partial charge in [-0.2, -0.15) is 0 Å². The zero-order chi connectivity index (χ0) is 16.2. The fourth-order valence-corrected chi connectivity index (χ4v) is 1.86. The van der Waals surface area contributed by atoms with Crippen LogP contribution in [0.4, 0.5) is 0 Å². The van der Waals surface area contributed by atoms with E-state index in [2.05, 4.69) is 30.9 Å². The molecule has 1 aromatic carbocycles.